The molecular formula is C17H19NO5S. The number of aliphatic carboxylic acids is 1. The second-order valence-corrected chi connectivity index (χ2v) is 6.22. The maximum Gasteiger partial charge on any atom is 0.341 e. The van der Waals surface area contributed by atoms with Gasteiger partial charge in [-0.2, -0.15) is 0 Å². The zero-order valence-electron chi connectivity index (χ0n) is 13.3. The summed E-state index contributed by atoms with van der Waals surface area (Å²) in [6.07, 6.45) is 8.97. The van der Waals surface area contributed by atoms with Crippen LogP contribution in [0.4, 0.5) is 5.00 Å². The second-order valence-electron chi connectivity index (χ2n) is 5.34. The van der Waals surface area contributed by atoms with Crippen molar-refractivity contribution < 1.29 is 24.2 Å². The van der Waals surface area contributed by atoms with E-state index in [0.717, 1.165) is 12.0 Å². The van der Waals surface area contributed by atoms with E-state index in [0.29, 0.717) is 10.6 Å². The molecule has 1 atom stereocenters. The Morgan fingerprint density at radius 1 is 1.33 bits per heavy atom. The molecule has 0 radical (unpaired) electrons. The van der Waals surface area contributed by atoms with Crippen molar-refractivity contribution in [2.75, 3.05) is 12.4 Å². The van der Waals surface area contributed by atoms with Crippen LogP contribution in [0.3, 0.4) is 0 Å². The van der Waals surface area contributed by atoms with E-state index >= 15 is 0 Å². The summed E-state index contributed by atoms with van der Waals surface area (Å²) in [5, 5.41) is 13.6. The lowest BCUT2D eigenvalue weighted by atomic mass is 9.91. The van der Waals surface area contributed by atoms with Crippen molar-refractivity contribution in [1.29, 1.82) is 0 Å². The van der Waals surface area contributed by atoms with Crippen molar-refractivity contribution in [2.24, 2.45) is 0 Å². The summed E-state index contributed by atoms with van der Waals surface area (Å²) in [5.74, 6) is -1.67. The number of methoxy groups -OCH3 is 1. The molecule has 2 N–H and O–H groups in total. The van der Waals surface area contributed by atoms with Gasteiger partial charge in [-0.05, 0) is 23.8 Å². The molecule has 0 saturated carbocycles. The molecule has 0 aliphatic heterocycles. The number of thiophene rings is 1. The Bertz CT molecular complexity index is 689. The molecule has 0 aromatic carbocycles. The normalized spacial score (nSPS) is 16.0. The fourth-order valence-electron chi connectivity index (χ4n) is 2.45. The number of hydrogen-bond donors (Lipinski definition) is 2. The van der Waals surface area contributed by atoms with Crippen LogP contribution in [0.15, 0.2) is 29.7 Å². The minimum Gasteiger partial charge on any atom is -0.481 e. The van der Waals surface area contributed by atoms with Crippen LogP contribution in [0.25, 0.3) is 0 Å². The van der Waals surface area contributed by atoms with Crippen LogP contribution in [0.2, 0.25) is 0 Å². The van der Waals surface area contributed by atoms with Crippen LogP contribution in [0.5, 0.6) is 0 Å². The Balaban J connectivity index is 2.14. The third-order valence-electron chi connectivity index (χ3n) is 3.64. The van der Waals surface area contributed by atoms with Crippen molar-refractivity contribution >= 4 is 34.2 Å². The molecule has 24 heavy (non-hydrogen) atoms. The molecule has 2 rings (SSSR count). The smallest absolute Gasteiger partial charge is 0.341 e. The number of anilines is 1. The summed E-state index contributed by atoms with van der Waals surface area (Å²) < 4.78 is 4.86. The van der Waals surface area contributed by atoms with Crippen molar-refractivity contribution in [3.63, 3.8) is 0 Å². The molecule has 1 aliphatic carbocycles. The van der Waals surface area contributed by atoms with Crippen molar-refractivity contribution in [2.45, 2.75) is 31.6 Å². The molecule has 0 fully saturated rings. The molecule has 0 bridgehead atoms. The molecule has 1 aromatic heterocycles. The lowest BCUT2D eigenvalue weighted by molar-refractivity contribution is -0.137. The Hall–Kier alpha value is -2.41. The van der Waals surface area contributed by atoms with E-state index in [4.69, 9.17) is 9.84 Å². The highest BCUT2D eigenvalue weighted by atomic mass is 32.1. The Morgan fingerprint density at radius 3 is 2.75 bits per heavy atom. The standard InChI is InChI=1S/C17H19NO5S/c1-23-17(22)15-12(11-6-3-2-4-7-11)10-24-16(15)18-13(19)8-5-9-14(20)21/h2-4,6,10-11H,5,7-9H2,1H3,(H,18,19)(H,20,21). The average molecular weight is 349 g/mol. The van der Waals surface area contributed by atoms with Crippen molar-refractivity contribution in [3.8, 4) is 0 Å². The Morgan fingerprint density at radius 2 is 2.12 bits per heavy atom. The maximum atomic E-state index is 12.2. The molecule has 7 heteroatoms. The predicted molar refractivity (Wildman–Crippen MR) is 91.4 cm³/mol. The third kappa shape index (κ3) is 4.55. The summed E-state index contributed by atoms with van der Waals surface area (Å²) in [6, 6.07) is 0. The Kier molecular flexibility index (Phi) is 6.31. The van der Waals surface area contributed by atoms with Gasteiger partial charge in [-0.15, -0.1) is 11.3 Å². The largest absolute Gasteiger partial charge is 0.481 e. The Labute approximate surface area is 143 Å². The van der Waals surface area contributed by atoms with E-state index < -0.39 is 11.9 Å². The fraction of sp³-hybridized carbons (Fsp3) is 0.353. The summed E-state index contributed by atoms with van der Waals surface area (Å²) in [7, 11) is 1.30. The van der Waals surface area contributed by atoms with E-state index in [1.165, 1.54) is 18.4 Å². The van der Waals surface area contributed by atoms with Gasteiger partial charge in [0.15, 0.2) is 0 Å². The van der Waals surface area contributed by atoms with E-state index in [1.54, 1.807) is 0 Å². The van der Waals surface area contributed by atoms with Gasteiger partial charge in [0.25, 0.3) is 0 Å². The number of ether oxygens (including phenoxy) is 1. The number of esters is 1. The summed E-state index contributed by atoms with van der Waals surface area (Å²) in [4.78, 5) is 34.6. The van der Waals surface area contributed by atoms with E-state index in [-0.39, 0.29) is 31.1 Å². The van der Waals surface area contributed by atoms with Crippen LogP contribution >= 0.6 is 11.3 Å². The molecule has 6 nitrogen and oxygen atoms in total. The topological polar surface area (TPSA) is 92.7 Å². The number of carboxylic acids is 1. The molecule has 0 spiro atoms. The number of allylic oxidation sites excluding steroid dienone is 4. The minimum absolute atomic E-state index is 0.0633. The molecule has 1 aromatic rings. The third-order valence-corrected chi connectivity index (χ3v) is 4.55. The molecular weight excluding hydrogens is 330 g/mol. The first-order chi connectivity index (χ1) is 11.5. The monoisotopic (exact) mass is 349 g/mol. The number of carbonyl (C=O) groups is 3. The second kappa shape index (κ2) is 8.44. The summed E-state index contributed by atoms with van der Waals surface area (Å²) in [5.41, 5.74) is 1.20. The summed E-state index contributed by atoms with van der Waals surface area (Å²) in [6.45, 7) is 0. The first kappa shape index (κ1) is 17.9. The van der Waals surface area contributed by atoms with Crippen LogP contribution in [-0.2, 0) is 14.3 Å². The van der Waals surface area contributed by atoms with Crippen LogP contribution in [0.1, 0.15) is 47.5 Å². The lowest BCUT2D eigenvalue weighted by Gasteiger charge is -2.14. The van der Waals surface area contributed by atoms with Crippen molar-refractivity contribution in [3.05, 3.63) is 40.8 Å². The van der Waals surface area contributed by atoms with Crippen molar-refractivity contribution in [1.82, 2.24) is 0 Å². The van der Waals surface area contributed by atoms with Gasteiger partial charge in [-0.3, -0.25) is 9.59 Å². The zero-order valence-corrected chi connectivity index (χ0v) is 14.1. The molecule has 1 aliphatic rings. The zero-order chi connectivity index (χ0) is 17.5. The van der Waals surface area contributed by atoms with E-state index in [2.05, 4.69) is 5.32 Å². The van der Waals surface area contributed by atoms with Crippen LogP contribution < -0.4 is 5.32 Å². The van der Waals surface area contributed by atoms with Gasteiger partial charge >= 0.3 is 11.9 Å². The van der Waals surface area contributed by atoms with Gasteiger partial charge in [0.1, 0.15) is 5.00 Å². The number of carbonyl (C=O) groups excluding carboxylic acids is 2. The quantitative estimate of drug-likeness (QED) is 0.737. The first-order valence-electron chi connectivity index (χ1n) is 7.57. The predicted octanol–water partition coefficient (Wildman–Crippen LogP) is 3.33. The number of hydrogen-bond acceptors (Lipinski definition) is 5. The molecule has 1 unspecified atom stereocenters. The SMILES string of the molecule is COC(=O)c1c(C2C=CC=CC2)csc1NC(=O)CCCC(=O)O. The highest BCUT2D eigenvalue weighted by Gasteiger charge is 2.25. The highest BCUT2D eigenvalue weighted by Crippen LogP contribution is 2.37. The van der Waals surface area contributed by atoms with Gasteiger partial charge in [0.05, 0.1) is 12.7 Å². The number of amides is 1. The van der Waals surface area contributed by atoms with Crippen LogP contribution in [0, 0.1) is 0 Å². The molecule has 0 saturated heterocycles. The fourth-order valence-corrected chi connectivity index (χ4v) is 3.48. The maximum absolute atomic E-state index is 12.2. The van der Waals surface area contributed by atoms with Gasteiger partial charge in [0, 0.05) is 18.8 Å². The number of carboxylic acid groups (broad SMARTS) is 1. The minimum atomic E-state index is -0.936. The van der Waals surface area contributed by atoms with Gasteiger partial charge in [-0.1, -0.05) is 24.3 Å². The molecule has 1 heterocycles. The first-order valence-corrected chi connectivity index (χ1v) is 8.45. The number of rotatable bonds is 7. The highest BCUT2D eigenvalue weighted by molar-refractivity contribution is 7.15. The van der Waals surface area contributed by atoms with E-state index in [1.807, 2.05) is 29.7 Å². The van der Waals surface area contributed by atoms with Gasteiger partial charge < -0.3 is 15.2 Å². The van der Waals surface area contributed by atoms with Gasteiger partial charge in [-0.25, -0.2) is 4.79 Å². The summed E-state index contributed by atoms with van der Waals surface area (Å²) >= 11 is 1.27. The van der Waals surface area contributed by atoms with Gasteiger partial charge in [0.2, 0.25) is 5.91 Å². The molecule has 1 amide bonds. The van der Waals surface area contributed by atoms with E-state index in [9.17, 15) is 14.4 Å². The lowest BCUT2D eigenvalue weighted by Crippen LogP contribution is -2.15. The average Bonchev–Trinajstić information content (AvgIpc) is 2.98. The number of nitrogens with one attached hydrogen (secondary N) is 1. The molecule has 128 valence electrons. The van der Waals surface area contributed by atoms with Crippen LogP contribution in [-0.4, -0.2) is 30.1 Å².